The predicted molar refractivity (Wildman–Crippen MR) is 136 cm³/mol. The topological polar surface area (TPSA) is 65.6 Å². The van der Waals surface area contributed by atoms with Crippen LogP contribution in [0, 0.1) is 0 Å². The smallest absolute Gasteiger partial charge is 0.232 e. The fourth-order valence-corrected chi connectivity index (χ4v) is 4.37. The van der Waals surface area contributed by atoms with Gasteiger partial charge < -0.3 is 25.2 Å². The number of morpholine rings is 1. The molecule has 1 saturated heterocycles. The van der Waals surface area contributed by atoms with Crippen molar-refractivity contribution in [2.75, 3.05) is 48.0 Å². The van der Waals surface area contributed by atoms with Crippen LogP contribution >= 0.6 is 12.2 Å². The van der Waals surface area contributed by atoms with Gasteiger partial charge in [-0.05, 0) is 35.3 Å². The molecule has 7 nitrogen and oxygen atoms in total. The number of nitrogens with zero attached hydrogens (tertiary/aromatic N) is 4. The van der Waals surface area contributed by atoms with Crippen LogP contribution in [0.3, 0.4) is 0 Å². The minimum Gasteiger partial charge on any atom is -0.378 e. The molecule has 0 saturated carbocycles. The van der Waals surface area contributed by atoms with Crippen LogP contribution < -0.4 is 20.4 Å². The van der Waals surface area contributed by atoms with Gasteiger partial charge in [0, 0.05) is 38.8 Å². The average Bonchev–Trinajstić information content (AvgIpc) is 2.88. The highest BCUT2D eigenvalue weighted by Gasteiger charge is 2.21. The van der Waals surface area contributed by atoms with E-state index in [-0.39, 0.29) is 0 Å². The Kier molecular flexibility index (Phi) is 6.64. The Morgan fingerprint density at radius 3 is 2.36 bits per heavy atom. The van der Waals surface area contributed by atoms with E-state index in [4.69, 9.17) is 26.9 Å². The maximum absolute atomic E-state index is 5.54. The van der Waals surface area contributed by atoms with Crippen molar-refractivity contribution in [2.24, 2.45) is 0 Å². The summed E-state index contributed by atoms with van der Waals surface area (Å²) in [5, 5.41) is 6.96. The molecular formula is C25H28N6OS. The number of ether oxygens (including phenoxy) is 1. The molecule has 8 heteroatoms. The summed E-state index contributed by atoms with van der Waals surface area (Å²) < 4.78 is 5.53. The van der Waals surface area contributed by atoms with Gasteiger partial charge in [0.1, 0.15) is 11.6 Å². The standard InChI is InChI=1S/C25H28N6OS/c33-25(26-17-19-6-2-1-3-7-19)29-24-27-22(30-12-14-32-15-13-30)16-23(28-24)31-11-10-20-8-4-5-9-21(20)18-31/h1-9,16H,10-15,17-18H2,(H2,26,27,28,29,33). The zero-order chi connectivity index (χ0) is 22.5. The van der Waals surface area contributed by atoms with Crippen LogP contribution in [0.5, 0.6) is 0 Å². The Bertz CT molecular complexity index is 1100. The quantitative estimate of drug-likeness (QED) is 0.562. The van der Waals surface area contributed by atoms with E-state index in [0.717, 1.165) is 49.8 Å². The number of nitrogens with one attached hydrogen (secondary N) is 2. The maximum atomic E-state index is 5.54. The summed E-state index contributed by atoms with van der Waals surface area (Å²) in [5.41, 5.74) is 3.93. The van der Waals surface area contributed by atoms with Crippen molar-refractivity contribution in [3.8, 4) is 0 Å². The molecule has 2 aliphatic rings. The fourth-order valence-electron chi connectivity index (χ4n) is 4.21. The molecule has 0 radical (unpaired) electrons. The van der Waals surface area contributed by atoms with E-state index in [9.17, 15) is 0 Å². The predicted octanol–water partition coefficient (Wildman–Crippen LogP) is 3.36. The highest BCUT2D eigenvalue weighted by Crippen LogP contribution is 2.27. The monoisotopic (exact) mass is 460 g/mol. The van der Waals surface area contributed by atoms with Crippen molar-refractivity contribution in [2.45, 2.75) is 19.5 Å². The minimum absolute atomic E-state index is 0.507. The van der Waals surface area contributed by atoms with Gasteiger partial charge in [-0.2, -0.15) is 9.97 Å². The summed E-state index contributed by atoms with van der Waals surface area (Å²) in [5.74, 6) is 2.32. The Morgan fingerprint density at radius 2 is 1.58 bits per heavy atom. The Balaban J connectivity index is 1.35. The van der Waals surface area contributed by atoms with Crippen molar-refractivity contribution < 1.29 is 4.74 Å². The lowest BCUT2D eigenvalue weighted by Gasteiger charge is -2.32. The number of benzene rings is 2. The van der Waals surface area contributed by atoms with Crippen LogP contribution in [-0.2, 0) is 24.2 Å². The molecule has 170 valence electrons. The largest absolute Gasteiger partial charge is 0.378 e. The lowest BCUT2D eigenvalue weighted by molar-refractivity contribution is 0.122. The number of fused-ring (bicyclic) bond motifs is 1. The van der Waals surface area contributed by atoms with Crippen LogP contribution in [0.1, 0.15) is 16.7 Å². The second-order valence-corrected chi connectivity index (χ2v) is 8.65. The van der Waals surface area contributed by atoms with E-state index in [0.29, 0.717) is 30.8 Å². The number of hydrogen-bond acceptors (Lipinski definition) is 6. The SMILES string of the molecule is S=C(NCc1ccccc1)Nc1nc(N2CCOCC2)cc(N2CCc3ccccc3C2)n1. The van der Waals surface area contributed by atoms with Crippen LogP contribution in [0.15, 0.2) is 60.7 Å². The summed E-state index contributed by atoms with van der Waals surface area (Å²) in [6, 6.07) is 20.9. The Labute approximate surface area is 199 Å². The van der Waals surface area contributed by atoms with Crippen molar-refractivity contribution in [3.05, 3.63) is 77.4 Å². The normalized spacial score (nSPS) is 15.6. The van der Waals surface area contributed by atoms with Crippen LogP contribution in [0.4, 0.5) is 17.6 Å². The lowest BCUT2D eigenvalue weighted by atomic mass is 10.00. The molecule has 0 bridgehead atoms. The van der Waals surface area contributed by atoms with E-state index in [1.54, 1.807) is 0 Å². The average molecular weight is 461 g/mol. The molecule has 0 spiro atoms. The van der Waals surface area contributed by atoms with Gasteiger partial charge >= 0.3 is 0 Å². The van der Waals surface area contributed by atoms with Gasteiger partial charge in [-0.25, -0.2) is 0 Å². The third-order valence-corrected chi connectivity index (χ3v) is 6.26. The van der Waals surface area contributed by atoms with Gasteiger partial charge in [-0.15, -0.1) is 0 Å². The van der Waals surface area contributed by atoms with Crippen LogP contribution in [0.25, 0.3) is 0 Å². The van der Waals surface area contributed by atoms with Gasteiger partial charge in [-0.3, -0.25) is 0 Å². The highest BCUT2D eigenvalue weighted by atomic mass is 32.1. The third-order valence-electron chi connectivity index (χ3n) is 6.01. The number of anilines is 3. The van der Waals surface area contributed by atoms with E-state index in [1.807, 2.05) is 18.2 Å². The van der Waals surface area contributed by atoms with E-state index >= 15 is 0 Å². The first-order chi connectivity index (χ1) is 16.2. The molecule has 2 aliphatic heterocycles. The lowest BCUT2D eigenvalue weighted by Crippen LogP contribution is -2.38. The number of rotatable bonds is 5. The first kappa shape index (κ1) is 21.6. The fraction of sp³-hybridized carbons (Fsp3) is 0.320. The molecule has 0 atom stereocenters. The number of thiocarbonyl (C=S) groups is 1. The van der Waals surface area contributed by atoms with Crippen molar-refractivity contribution in [1.29, 1.82) is 0 Å². The Morgan fingerprint density at radius 1 is 0.879 bits per heavy atom. The zero-order valence-electron chi connectivity index (χ0n) is 18.5. The number of aromatic nitrogens is 2. The second-order valence-electron chi connectivity index (χ2n) is 8.24. The van der Waals surface area contributed by atoms with Gasteiger partial charge in [0.2, 0.25) is 5.95 Å². The summed E-state index contributed by atoms with van der Waals surface area (Å²) in [7, 11) is 0. The van der Waals surface area contributed by atoms with Crippen molar-refractivity contribution in [3.63, 3.8) is 0 Å². The van der Waals surface area contributed by atoms with Gasteiger partial charge in [0.25, 0.3) is 0 Å². The second kappa shape index (κ2) is 10.1. The van der Waals surface area contributed by atoms with Crippen LogP contribution in [-0.4, -0.2) is 47.9 Å². The molecule has 33 heavy (non-hydrogen) atoms. The highest BCUT2D eigenvalue weighted by molar-refractivity contribution is 7.80. The van der Waals surface area contributed by atoms with E-state index < -0.39 is 0 Å². The van der Waals surface area contributed by atoms with Crippen LogP contribution in [0.2, 0.25) is 0 Å². The first-order valence-corrected chi connectivity index (χ1v) is 11.8. The summed E-state index contributed by atoms with van der Waals surface area (Å²) >= 11 is 5.54. The molecule has 3 aromatic rings. The molecular weight excluding hydrogens is 432 g/mol. The molecule has 0 unspecified atom stereocenters. The number of hydrogen-bond donors (Lipinski definition) is 2. The molecule has 1 aromatic heterocycles. The van der Waals surface area contributed by atoms with Crippen molar-refractivity contribution in [1.82, 2.24) is 15.3 Å². The van der Waals surface area contributed by atoms with E-state index in [2.05, 4.69) is 62.9 Å². The Hall–Kier alpha value is -3.23. The summed E-state index contributed by atoms with van der Waals surface area (Å²) in [6.07, 6.45) is 1.01. The third kappa shape index (κ3) is 5.40. The molecule has 5 rings (SSSR count). The van der Waals surface area contributed by atoms with Crippen molar-refractivity contribution >= 4 is 34.9 Å². The zero-order valence-corrected chi connectivity index (χ0v) is 19.4. The molecule has 2 aromatic carbocycles. The van der Waals surface area contributed by atoms with E-state index in [1.165, 1.54) is 11.1 Å². The molecule has 1 fully saturated rings. The minimum atomic E-state index is 0.507. The molecule has 0 amide bonds. The molecule has 0 aliphatic carbocycles. The summed E-state index contributed by atoms with van der Waals surface area (Å²) in [6.45, 7) is 5.45. The molecule has 3 heterocycles. The van der Waals surface area contributed by atoms with Gasteiger partial charge in [0.15, 0.2) is 5.11 Å². The maximum Gasteiger partial charge on any atom is 0.232 e. The summed E-state index contributed by atoms with van der Waals surface area (Å²) in [4.78, 5) is 14.2. The van der Waals surface area contributed by atoms with Gasteiger partial charge in [-0.1, -0.05) is 54.6 Å². The molecule has 2 N–H and O–H groups in total. The van der Waals surface area contributed by atoms with Gasteiger partial charge in [0.05, 0.1) is 13.2 Å². The first-order valence-electron chi connectivity index (χ1n) is 11.4.